The van der Waals surface area contributed by atoms with Crippen LogP contribution in [-0.4, -0.2) is 20.1 Å². The largest absolute Gasteiger partial charge is 0.493 e. The van der Waals surface area contributed by atoms with Gasteiger partial charge in [0, 0.05) is 24.1 Å². The van der Waals surface area contributed by atoms with E-state index in [4.69, 9.17) is 21.1 Å². The fourth-order valence-electron chi connectivity index (χ4n) is 3.26. The number of carbonyl (C=O) groups is 1. The molecule has 0 radical (unpaired) electrons. The Morgan fingerprint density at radius 3 is 1.89 bits per heavy atom. The Morgan fingerprint density at radius 1 is 0.857 bits per heavy atom. The van der Waals surface area contributed by atoms with Crippen LogP contribution in [0.1, 0.15) is 89.5 Å². The van der Waals surface area contributed by atoms with Gasteiger partial charge in [0.05, 0.1) is 14.2 Å². The third-order valence-electron chi connectivity index (χ3n) is 5.04. The summed E-state index contributed by atoms with van der Waals surface area (Å²) >= 11 is 6.26. The number of benzene rings is 1. The van der Waals surface area contributed by atoms with E-state index in [9.17, 15) is 4.79 Å². The smallest absolute Gasteiger partial charge is 0.220 e. The van der Waals surface area contributed by atoms with Crippen molar-refractivity contribution in [2.24, 2.45) is 0 Å². The molecule has 1 amide bonds. The number of ether oxygens (including phenoxy) is 2. The predicted molar refractivity (Wildman–Crippen MR) is 117 cm³/mol. The number of unbranched alkanes of at least 4 members (excludes halogenated alkanes) is 10. The zero-order valence-corrected chi connectivity index (χ0v) is 18.7. The normalized spacial score (nSPS) is 10.7. The molecule has 0 aliphatic heterocycles. The fourth-order valence-corrected chi connectivity index (χ4v) is 3.48. The Kier molecular flexibility index (Phi) is 13.6. The standard InChI is InChI=1S/C23H38ClNO3/c1-4-5-6-7-8-9-10-11-12-13-14-15-23(26)25-18-19-16-21(27-2)22(28-3)17-20(19)24/h16-17H,4-15,18H2,1-3H3,(H,25,26). The molecule has 1 aromatic rings. The highest BCUT2D eigenvalue weighted by Crippen LogP contribution is 2.33. The number of hydrogen-bond donors (Lipinski definition) is 1. The molecule has 0 saturated heterocycles. The van der Waals surface area contributed by atoms with Crippen molar-refractivity contribution in [3.63, 3.8) is 0 Å². The predicted octanol–water partition coefficient (Wildman–Crippen LogP) is 6.67. The minimum absolute atomic E-state index is 0.0711. The SMILES string of the molecule is CCCCCCCCCCCCCC(=O)NCc1cc(OC)c(OC)cc1Cl. The topological polar surface area (TPSA) is 47.6 Å². The van der Waals surface area contributed by atoms with Gasteiger partial charge in [-0.05, 0) is 18.1 Å². The Hall–Kier alpha value is -1.42. The summed E-state index contributed by atoms with van der Waals surface area (Å²) in [6.45, 7) is 2.65. The van der Waals surface area contributed by atoms with Crippen molar-refractivity contribution in [1.29, 1.82) is 0 Å². The maximum Gasteiger partial charge on any atom is 0.220 e. The van der Waals surface area contributed by atoms with E-state index >= 15 is 0 Å². The van der Waals surface area contributed by atoms with Gasteiger partial charge in [0.25, 0.3) is 0 Å². The average Bonchev–Trinajstić information content (AvgIpc) is 2.70. The summed E-state index contributed by atoms with van der Waals surface area (Å²) in [6.07, 6.45) is 14.7. The quantitative estimate of drug-likeness (QED) is 0.309. The number of amides is 1. The van der Waals surface area contributed by atoms with Gasteiger partial charge in [0.15, 0.2) is 11.5 Å². The maximum atomic E-state index is 12.1. The van der Waals surface area contributed by atoms with Gasteiger partial charge in [-0.3, -0.25) is 4.79 Å². The lowest BCUT2D eigenvalue weighted by Gasteiger charge is -2.12. The third kappa shape index (κ3) is 10.2. The summed E-state index contributed by atoms with van der Waals surface area (Å²) in [5.74, 6) is 1.27. The summed E-state index contributed by atoms with van der Waals surface area (Å²) in [6, 6.07) is 3.52. The number of methoxy groups -OCH3 is 2. The molecule has 1 aromatic carbocycles. The average molecular weight is 412 g/mol. The van der Waals surface area contributed by atoms with E-state index in [2.05, 4.69) is 12.2 Å². The number of halogens is 1. The van der Waals surface area contributed by atoms with Crippen LogP contribution in [0.5, 0.6) is 11.5 Å². The lowest BCUT2D eigenvalue weighted by atomic mass is 10.1. The second kappa shape index (κ2) is 15.5. The van der Waals surface area contributed by atoms with E-state index in [0.29, 0.717) is 29.5 Å². The molecule has 0 bridgehead atoms. The number of nitrogens with one attached hydrogen (secondary N) is 1. The van der Waals surface area contributed by atoms with E-state index in [1.165, 1.54) is 57.8 Å². The molecule has 0 aliphatic rings. The summed E-state index contributed by atoms with van der Waals surface area (Å²) in [7, 11) is 3.16. The zero-order valence-electron chi connectivity index (χ0n) is 17.9. The van der Waals surface area contributed by atoms with Crippen LogP contribution in [0.15, 0.2) is 12.1 Å². The Balaban J connectivity index is 2.11. The summed E-state index contributed by atoms with van der Waals surface area (Å²) in [5, 5.41) is 3.51. The van der Waals surface area contributed by atoms with Crippen LogP contribution in [0.3, 0.4) is 0 Å². The molecule has 4 nitrogen and oxygen atoms in total. The number of carbonyl (C=O) groups excluding carboxylic acids is 1. The molecule has 0 fully saturated rings. The Labute approximate surface area is 176 Å². The number of hydrogen-bond acceptors (Lipinski definition) is 3. The van der Waals surface area contributed by atoms with E-state index in [-0.39, 0.29) is 5.91 Å². The van der Waals surface area contributed by atoms with E-state index < -0.39 is 0 Å². The molecule has 0 heterocycles. The highest BCUT2D eigenvalue weighted by atomic mass is 35.5. The summed E-state index contributed by atoms with van der Waals surface area (Å²) in [5.41, 5.74) is 0.826. The molecule has 0 unspecified atom stereocenters. The molecule has 0 atom stereocenters. The molecule has 28 heavy (non-hydrogen) atoms. The van der Waals surface area contributed by atoms with Crippen molar-refractivity contribution in [3.05, 3.63) is 22.7 Å². The van der Waals surface area contributed by atoms with Crippen molar-refractivity contribution < 1.29 is 14.3 Å². The first kappa shape index (κ1) is 24.6. The Morgan fingerprint density at radius 2 is 1.36 bits per heavy atom. The highest BCUT2D eigenvalue weighted by Gasteiger charge is 2.11. The molecule has 1 rings (SSSR count). The maximum absolute atomic E-state index is 12.1. The van der Waals surface area contributed by atoms with Crippen molar-refractivity contribution in [3.8, 4) is 11.5 Å². The molecular formula is C23H38ClNO3. The second-order valence-electron chi connectivity index (χ2n) is 7.36. The van der Waals surface area contributed by atoms with Gasteiger partial charge in [-0.1, -0.05) is 82.7 Å². The van der Waals surface area contributed by atoms with Gasteiger partial charge in [-0.2, -0.15) is 0 Å². The zero-order chi connectivity index (χ0) is 20.6. The first-order valence-electron chi connectivity index (χ1n) is 10.8. The van der Waals surface area contributed by atoms with Gasteiger partial charge in [-0.15, -0.1) is 0 Å². The van der Waals surface area contributed by atoms with E-state index in [1.54, 1.807) is 20.3 Å². The van der Waals surface area contributed by atoms with E-state index in [0.717, 1.165) is 18.4 Å². The monoisotopic (exact) mass is 411 g/mol. The first-order chi connectivity index (χ1) is 13.6. The van der Waals surface area contributed by atoms with Crippen LogP contribution in [0.4, 0.5) is 0 Å². The molecular weight excluding hydrogens is 374 g/mol. The fraction of sp³-hybridized carbons (Fsp3) is 0.696. The van der Waals surface area contributed by atoms with E-state index in [1.807, 2.05) is 6.07 Å². The molecule has 0 saturated carbocycles. The van der Waals surface area contributed by atoms with Gasteiger partial charge < -0.3 is 14.8 Å². The summed E-state index contributed by atoms with van der Waals surface area (Å²) < 4.78 is 10.5. The van der Waals surface area contributed by atoms with Crippen LogP contribution < -0.4 is 14.8 Å². The second-order valence-corrected chi connectivity index (χ2v) is 7.77. The highest BCUT2D eigenvalue weighted by molar-refractivity contribution is 6.31. The van der Waals surface area contributed by atoms with Crippen molar-refractivity contribution in [2.75, 3.05) is 14.2 Å². The van der Waals surface area contributed by atoms with Crippen LogP contribution >= 0.6 is 11.6 Å². The Bertz CT molecular complexity index is 563. The molecule has 1 N–H and O–H groups in total. The van der Waals surface area contributed by atoms with Gasteiger partial charge in [-0.25, -0.2) is 0 Å². The third-order valence-corrected chi connectivity index (χ3v) is 5.39. The molecule has 160 valence electrons. The molecule has 0 spiro atoms. The van der Waals surface area contributed by atoms with Gasteiger partial charge in [0.2, 0.25) is 5.91 Å². The lowest BCUT2D eigenvalue weighted by molar-refractivity contribution is -0.121. The summed E-state index contributed by atoms with van der Waals surface area (Å²) in [4.78, 5) is 12.1. The first-order valence-corrected chi connectivity index (χ1v) is 11.2. The minimum Gasteiger partial charge on any atom is -0.493 e. The van der Waals surface area contributed by atoms with Crippen LogP contribution in [0.25, 0.3) is 0 Å². The van der Waals surface area contributed by atoms with Crippen molar-refractivity contribution >= 4 is 17.5 Å². The number of rotatable bonds is 16. The van der Waals surface area contributed by atoms with Crippen molar-refractivity contribution in [2.45, 2.75) is 90.5 Å². The van der Waals surface area contributed by atoms with Crippen LogP contribution in [0, 0.1) is 0 Å². The minimum atomic E-state index is 0.0711. The lowest BCUT2D eigenvalue weighted by Crippen LogP contribution is -2.22. The van der Waals surface area contributed by atoms with Crippen LogP contribution in [-0.2, 0) is 11.3 Å². The molecule has 0 aliphatic carbocycles. The van der Waals surface area contributed by atoms with Crippen molar-refractivity contribution in [1.82, 2.24) is 5.32 Å². The van der Waals surface area contributed by atoms with Gasteiger partial charge >= 0.3 is 0 Å². The van der Waals surface area contributed by atoms with Gasteiger partial charge in [0.1, 0.15) is 0 Å². The van der Waals surface area contributed by atoms with Crippen LogP contribution in [0.2, 0.25) is 5.02 Å². The molecule has 0 aromatic heterocycles. The molecule has 5 heteroatoms.